The molecule has 0 saturated carbocycles. The third kappa shape index (κ3) is 2.12. The van der Waals surface area contributed by atoms with E-state index in [9.17, 15) is 9.59 Å². The molecule has 0 spiro atoms. The fourth-order valence-electron chi connectivity index (χ4n) is 3.76. The molecule has 3 nitrogen and oxygen atoms in total. The van der Waals surface area contributed by atoms with Crippen LogP contribution in [0, 0.1) is 0 Å². The van der Waals surface area contributed by atoms with E-state index < -0.39 is 0 Å². The van der Waals surface area contributed by atoms with Crippen LogP contribution < -0.4 is 0 Å². The van der Waals surface area contributed by atoms with Crippen LogP contribution in [-0.2, 0) is 11.2 Å². The molecule has 0 aliphatic heterocycles. The maximum atomic E-state index is 12.4. The van der Waals surface area contributed by atoms with Crippen molar-refractivity contribution in [3.8, 4) is 0 Å². The third-order valence-electron chi connectivity index (χ3n) is 4.75. The smallest absolute Gasteiger partial charge is 0.224 e. The minimum atomic E-state index is -0.0255. The molecule has 1 amide bonds. The number of ketones is 1. The molecule has 23 heavy (non-hydrogen) atoms. The van der Waals surface area contributed by atoms with E-state index in [2.05, 4.69) is 12.1 Å². The van der Waals surface area contributed by atoms with Gasteiger partial charge in [0.25, 0.3) is 0 Å². The molecule has 0 heterocycles. The molecule has 1 atom stereocenters. The van der Waals surface area contributed by atoms with Gasteiger partial charge in [0.05, 0.1) is 11.7 Å². The standard InChI is InChI=1S/C20H17NO2/c1-13(22)21(18-11-10-14-6-2-3-7-15(14)18)19-12-20(23)17-9-5-4-8-16(17)19/h2-9,12,18H,10-11H2,1H3. The quantitative estimate of drug-likeness (QED) is 0.847. The van der Waals surface area contributed by atoms with Crippen LogP contribution in [0.1, 0.15) is 46.4 Å². The highest BCUT2D eigenvalue weighted by molar-refractivity contribution is 6.17. The number of carbonyl (C=O) groups is 2. The molecule has 0 N–H and O–H groups in total. The summed E-state index contributed by atoms with van der Waals surface area (Å²) in [6, 6.07) is 15.8. The summed E-state index contributed by atoms with van der Waals surface area (Å²) < 4.78 is 0. The summed E-state index contributed by atoms with van der Waals surface area (Å²) in [5.74, 6) is -0.0458. The topological polar surface area (TPSA) is 37.4 Å². The molecule has 114 valence electrons. The number of aryl methyl sites for hydroxylation is 1. The van der Waals surface area contributed by atoms with Gasteiger partial charge >= 0.3 is 0 Å². The molecule has 3 heteroatoms. The number of rotatable bonds is 2. The second-order valence-electron chi connectivity index (χ2n) is 6.08. The summed E-state index contributed by atoms with van der Waals surface area (Å²) in [4.78, 5) is 26.5. The zero-order valence-corrected chi connectivity index (χ0v) is 13.0. The van der Waals surface area contributed by atoms with Gasteiger partial charge in [-0.05, 0) is 24.0 Å². The van der Waals surface area contributed by atoms with E-state index in [1.54, 1.807) is 17.9 Å². The second kappa shape index (κ2) is 5.20. The Kier molecular flexibility index (Phi) is 3.15. The second-order valence-corrected chi connectivity index (χ2v) is 6.08. The van der Waals surface area contributed by atoms with Crippen molar-refractivity contribution in [1.29, 1.82) is 0 Å². The van der Waals surface area contributed by atoms with Gasteiger partial charge in [-0.25, -0.2) is 0 Å². The highest BCUT2D eigenvalue weighted by atomic mass is 16.2. The average Bonchev–Trinajstić information content (AvgIpc) is 3.11. The average molecular weight is 303 g/mol. The van der Waals surface area contributed by atoms with Gasteiger partial charge in [0.15, 0.2) is 5.78 Å². The molecule has 2 aliphatic rings. The highest BCUT2D eigenvalue weighted by Gasteiger charge is 2.35. The van der Waals surface area contributed by atoms with E-state index in [0.29, 0.717) is 5.56 Å². The third-order valence-corrected chi connectivity index (χ3v) is 4.75. The Balaban J connectivity index is 1.81. The Morgan fingerprint density at radius 3 is 2.52 bits per heavy atom. The van der Waals surface area contributed by atoms with Crippen molar-refractivity contribution in [3.05, 3.63) is 76.9 Å². The lowest BCUT2D eigenvalue weighted by molar-refractivity contribution is -0.127. The number of fused-ring (bicyclic) bond motifs is 2. The van der Waals surface area contributed by atoms with Crippen molar-refractivity contribution in [2.24, 2.45) is 0 Å². The Hall–Kier alpha value is -2.68. The molecule has 4 rings (SSSR count). The first-order valence-corrected chi connectivity index (χ1v) is 7.90. The van der Waals surface area contributed by atoms with Crippen molar-refractivity contribution in [2.75, 3.05) is 0 Å². The van der Waals surface area contributed by atoms with Crippen LogP contribution >= 0.6 is 0 Å². The van der Waals surface area contributed by atoms with Crippen molar-refractivity contribution < 1.29 is 9.59 Å². The SMILES string of the molecule is CC(=O)N(C1=CC(=O)c2ccccc21)C1CCc2ccccc21. The zero-order valence-electron chi connectivity index (χ0n) is 13.0. The van der Waals surface area contributed by atoms with Gasteiger partial charge < -0.3 is 4.90 Å². The summed E-state index contributed by atoms with van der Waals surface area (Å²) in [6.07, 6.45) is 3.47. The molecule has 2 aromatic carbocycles. The molecule has 0 bridgehead atoms. The predicted molar refractivity (Wildman–Crippen MR) is 88.8 cm³/mol. The molecule has 0 radical (unpaired) electrons. The molecular weight excluding hydrogens is 286 g/mol. The predicted octanol–water partition coefficient (Wildman–Crippen LogP) is 3.76. The summed E-state index contributed by atoms with van der Waals surface area (Å²) in [5.41, 5.74) is 4.76. The Morgan fingerprint density at radius 2 is 1.74 bits per heavy atom. The highest BCUT2D eigenvalue weighted by Crippen LogP contribution is 2.42. The summed E-state index contributed by atoms with van der Waals surface area (Å²) in [7, 11) is 0. The number of allylic oxidation sites excluding steroid dienone is 1. The van der Waals surface area contributed by atoms with Crippen molar-refractivity contribution >= 4 is 17.4 Å². The van der Waals surface area contributed by atoms with Crippen LogP contribution in [-0.4, -0.2) is 16.6 Å². The molecule has 1 unspecified atom stereocenters. The van der Waals surface area contributed by atoms with Crippen molar-refractivity contribution in [3.63, 3.8) is 0 Å². The number of amides is 1. The number of hydrogen-bond acceptors (Lipinski definition) is 2. The van der Waals surface area contributed by atoms with Gasteiger partial charge in [0.1, 0.15) is 0 Å². The number of hydrogen-bond donors (Lipinski definition) is 0. The lowest BCUT2D eigenvalue weighted by Gasteiger charge is -2.30. The Labute approximate surface area is 135 Å². The Morgan fingerprint density at radius 1 is 1.04 bits per heavy atom. The molecule has 2 aliphatic carbocycles. The minimum absolute atomic E-state index is 0.00825. The summed E-state index contributed by atoms with van der Waals surface area (Å²) >= 11 is 0. The molecule has 2 aromatic rings. The van der Waals surface area contributed by atoms with E-state index in [0.717, 1.165) is 24.1 Å². The lowest BCUT2D eigenvalue weighted by Crippen LogP contribution is -2.30. The summed E-state index contributed by atoms with van der Waals surface area (Å²) in [5, 5.41) is 0. The maximum Gasteiger partial charge on any atom is 0.224 e. The number of carbonyl (C=O) groups excluding carboxylic acids is 2. The largest absolute Gasteiger partial charge is 0.304 e. The molecule has 0 aromatic heterocycles. The first-order chi connectivity index (χ1) is 11.2. The number of nitrogens with zero attached hydrogens (tertiary/aromatic N) is 1. The first kappa shape index (κ1) is 13.9. The van der Waals surface area contributed by atoms with Gasteiger partial charge in [0, 0.05) is 24.1 Å². The van der Waals surface area contributed by atoms with Gasteiger partial charge in [0.2, 0.25) is 5.91 Å². The monoisotopic (exact) mass is 303 g/mol. The van der Waals surface area contributed by atoms with Crippen molar-refractivity contribution in [1.82, 2.24) is 4.90 Å². The first-order valence-electron chi connectivity index (χ1n) is 7.90. The van der Waals surface area contributed by atoms with E-state index >= 15 is 0 Å². The van der Waals surface area contributed by atoms with E-state index in [1.165, 1.54) is 11.1 Å². The summed E-state index contributed by atoms with van der Waals surface area (Å²) in [6.45, 7) is 1.58. The van der Waals surface area contributed by atoms with Crippen molar-refractivity contribution in [2.45, 2.75) is 25.8 Å². The van der Waals surface area contributed by atoms with Gasteiger partial charge in [-0.15, -0.1) is 0 Å². The maximum absolute atomic E-state index is 12.4. The van der Waals surface area contributed by atoms with E-state index in [4.69, 9.17) is 0 Å². The van der Waals surface area contributed by atoms with Crippen LogP contribution in [0.4, 0.5) is 0 Å². The Bertz CT molecular complexity index is 850. The van der Waals surface area contributed by atoms with Crippen LogP contribution in [0.5, 0.6) is 0 Å². The van der Waals surface area contributed by atoms with Crippen LogP contribution in [0.3, 0.4) is 0 Å². The fraction of sp³-hybridized carbons (Fsp3) is 0.200. The van der Waals surface area contributed by atoms with E-state index in [1.807, 2.05) is 36.4 Å². The lowest BCUT2D eigenvalue weighted by atomic mass is 10.0. The normalized spacial score (nSPS) is 18.4. The minimum Gasteiger partial charge on any atom is -0.304 e. The number of benzene rings is 2. The molecule has 0 fully saturated rings. The van der Waals surface area contributed by atoms with Gasteiger partial charge in [-0.2, -0.15) is 0 Å². The zero-order chi connectivity index (χ0) is 16.0. The van der Waals surface area contributed by atoms with Crippen LogP contribution in [0.15, 0.2) is 54.6 Å². The van der Waals surface area contributed by atoms with E-state index in [-0.39, 0.29) is 17.7 Å². The van der Waals surface area contributed by atoms with Crippen LogP contribution in [0.2, 0.25) is 0 Å². The van der Waals surface area contributed by atoms with Gasteiger partial charge in [-0.3, -0.25) is 9.59 Å². The van der Waals surface area contributed by atoms with Gasteiger partial charge in [-0.1, -0.05) is 48.5 Å². The van der Waals surface area contributed by atoms with Crippen LogP contribution in [0.25, 0.3) is 5.70 Å². The molecular formula is C20H17NO2. The fourth-order valence-corrected chi connectivity index (χ4v) is 3.76. The molecule has 0 saturated heterocycles.